The number of nitrogens with one attached hydrogen (secondary N) is 1. The molecule has 2 aromatic rings. The van der Waals surface area contributed by atoms with Crippen molar-refractivity contribution in [3.63, 3.8) is 0 Å². The molecule has 286 valence electrons. The SMILES string of the molecule is O=C(NCCCOCCOCCOCCOCCOCCOCCOCCOCCN1C(=O)C=CC1=O)OCC1c2ccccc2-c2ccccc21. The molecule has 0 spiro atoms. The van der Waals surface area contributed by atoms with E-state index in [0.717, 1.165) is 4.90 Å². The van der Waals surface area contributed by atoms with Crippen molar-refractivity contribution >= 4 is 17.9 Å². The maximum absolute atomic E-state index is 12.3. The average Bonchev–Trinajstić information content (AvgIpc) is 3.66. The van der Waals surface area contributed by atoms with Gasteiger partial charge in [-0.1, -0.05) is 48.5 Å². The first-order chi connectivity index (χ1) is 25.6. The van der Waals surface area contributed by atoms with Gasteiger partial charge in [0.1, 0.15) is 6.61 Å². The molecule has 1 aliphatic heterocycles. The van der Waals surface area contributed by atoms with E-state index in [9.17, 15) is 14.4 Å². The molecular weight excluding hydrogens is 676 g/mol. The molecular formula is C38H52N2O12. The number of hydrogen-bond acceptors (Lipinski definition) is 12. The number of ether oxygens (including phenoxy) is 9. The monoisotopic (exact) mass is 728 g/mol. The van der Waals surface area contributed by atoms with Gasteiger partial charge in [0.05, 0.1) is 106 Å². The van der Waals surface area contributed by atoms with E-state index in [1.807, 2.05) is 24.3 Å². The molecule has 2 aliphatic rings. The molecule has 3 amide bonds. The van der Waals surface area contributed by atoms with Gasteiger partial charge in [-0.2, -0.15) is 0 Å². The van der Waals surface area contributed by atoms with E-state index >= 15 is 0 Å². The molecule has 1 heterocycles. The molecule has 14 nitrogen and oxygen atoms in total. The molecule has 52 heavy (non-hydrogen) atoms. The summed E-state index contributed by atoms with van der Waals surface area (Å²) >= 11 is 0. The quantitative estimate of drug-likeness (QED) is 0.0931. The number of alkyl carbamates (subject to hydrolysis) is 1. The van der Waals surface area contributed by atoms with E-state index in [1.54, 1.807) is 0 Å². The zero-order valence-corrected chi connectivity index (χ0v) is 29.8. The highest BCUT2D eigenvalue weighted by molar-refractivity contribution is 6.12. The van der Waals surface area contributed by atoms with Crippen LogP contribution < -0.4 is 5.32 Å². The summed E-state index contributed by atoms with van der Waals surface area (Å²) in [6.45, 7) is 8.14. The Morgan fingerprint density at radius 1 is 0.538 bits per heavy atom. The Bertz CT molecular complexity index is 1310. The van der Waals surface area contributed by atoms with Crippen LogP contribution in [-0.4, -0.2) is 148 Å². The number of imide groups is 1. The van der Waals surface area contributed by atoms with Crippen LogP contribution in [-0.2, 0) is 52.2 Å². The predicted octanol–water partition coefficient (Wildman–Crippen LogP) is 2.97. The lowest BCUT2D eigenvalue weighted by Crippen LogP contribution is -2.33. The summed E-state index contributed by atoms with van der Waals surface area (Å²) in [5, 5.41) is 2.80. The van der Waals surface area contributed by atoms with Crippen LogP contribution in [0.4, 0.5) is 4.79 Å². The Hall–Kier alpha value is -3.73. The first kappa shape index (κ1) is 41.0. The molecule has 0 atom stereocenters. The van der Waals surface area contributed by atoms with E-state index in [-0.39, 0.29) is 30.9 Å². The fourth-order valence-electron chi connectivity index (χ4n) is 5.46. The Kier molecular flexibility index (Phi) is 19.9. The minimum atomic E-state index is -0.421. The smallest absolute Gasteiger partial charge is 0.407 e. The van der Waals surface area contributed by atoms with Crippen LogP contribution in [0, 0.1) is 0 Å². The highest BCUT2D eigenvalue weighted by atomic mass is 16.6. The third-order valence-electron chi connectivity index (χ3n) is 8.04. The summed E-state index contributed by atoms with van der Waals surface area (Å²) in [5.74, 6) is -0.575. The van der Waals surface area contributed by atoms with E-state index < -0.39 is 6.09 Å². The summed E-state index contributed by atoms with van der Waals surface area (Å²) in [6, 6.07) is 16.5. The lowest BCUT2D eigenvalue weighted by molar-refractivity contribution is -0.137. The van der Waals surface area contributed by atoms with Gasteiger partial charge in [0.2, 0.25) is 0 Å². The van der Waals surface area contributed by atoms with E-state index in [4.69, 9.17) is 42.6 Å². The largest absolute Gasteiger partial charge is 0.449 e. The fraction of sp³-hybridized carbons (Fsp3) is 0.553. The molecule has 0 radical (unpaired) electrons. The van der Waals surface area contributed by atoms with Crippen LogP contribution in [0.2, 0.25) is 0 Å². The number of hydrogen-bond donors (Lipinski definition) is 1. The van der Waals surface area contributed by atoms with Crippen LogP contribution in [0.5, 0.6) is 0 Å². The molecule has 2 aromatic carbocycles. The minimum absolute atomic E-state index is 0.0446. The van der Waals surface area contributed by atoms with Crippen molar-refractivity contribution in [2.45, 2.75) is 12.3 Å². The molecule has 4 rings (SSSR count). The van der Waals surface area contributed by atoms with Gasteiger partial charge in [-0.3, -0.25) is 14.5 Å². The van der Waals surface area contributed by atoms with E-state index in [1.165, 1.54) is 34.4 Å². The molecule has 0 saturated carbocycles. The van der Waals surface area contributed by atoms with E-state index in [2.05, 4.69) is 29.6 Å². The van der Waals surface area contributed by atoms with Crippen molar-refractivity contribution in [1.29, 1.82) is 0 Å². The molecule has 0 fully saturated rings. The highest BCUT2D eigenvalue weighted by Crippen LogP contribution is 2.44. The Labute approximate surface area is 305 Å². The Morgan fingerprint density at radius 2 is 0.923 bits per heavy atom. The second kappa shape index (κ2) is 25.3. The fourth-order valence-corrected chi connectivity index (χ4v) is 5.46. The van der Waals surface area contributed by atoms with Crippen LogP contribution in [0.3, 0.4) is 0 Å². The van der Waals surface area contributed by atoms with Crippen LogP contribution >= 0.6 is 0 Å². The van der Waals surface area contributed by atoms with Gasteiger partial charge >= 0.3 is 6.09 Å². The normalized spacial score (nSPS) is 13.6. The molecule has 0 saturated heterocycles. The standard InChI is InChI=1S/C38H52N2O12/c41-36-10-11-37(42)40(36)13-15-45-17-19-47-21-23-49-25-27-51-29-28-50-26-24-48-22-20-46-18-16-44-14-5-12-39-38(43)52-30-35-33-8-3-1-6-31(33)32-7-2-4-9-34(32)35/h1-4,6-11,35H,5,12-30H2,(H,39,43). The number of amides is 3. The summed E-state index contributed by atoms with van der Waals surface area (Å²) < 4.78 is 49.3. The highest BCUT2D eigenvalue weighted by Gasteiger charge is 2.29. The van der Waals surface area contributed by atoms with Gasteiger partial charge in [0.25, 0.3) is 11.8 Å². The van der Waals surface area contributed by atoms with Crippen LogP contribution in [0.1, 0.15) is 23.5 Å². The first-order valence-electron chi connectivity index (χ1n) is 17.9. The third kappa shape index (κ3) is 15.1. The maximum atomic E-state index is 12.3. The van der Waals surface area contributed by atoms with Gasteiger partial charge in [-0.25, -0.2) is 4.79 Å². The lowest BCUT2D eigenvalue weighted by Gasteiger charge is -2.14. The number of carbonyl (C=O) groups excluding carboxylic acids is 3. The number of rotatable bonds is 30. The van der Waals surface area contributed by atoms with Gasteiger partial charge in [-0.15, -0.1) is 0 Å². The number of nitrogens with zero attached hydrogens (tertiary/aromatic N) is 1. The molecule has 0 aromatic heterocycles. The van der Waals surface area contributed by atoms with Crippen molar-refractivity contribution < 1.29 is 57.0 Å². The van der Waals surface area contributed by atoms with E-state index in [0.29, 0.717) is 119 Å². The van der Waals surface area contributed by atoms with Crippen molar-refractivity contribution in [3.05, 3.63) is 71.8 Å². The summed E-state index contributed by atoms with van der Waals surface area (Å²) in [6.07, 6.45) is 2.76. The van der Waals surface area contributed by atoms with Gasteiger partial charge in [0.15, 0.2) is 0 Å². The molecule has 1 aliphatic carbocycles. The zero-order chi connectivity index (χ0) is 36.5. The Balaban J connectivity index is 0.809. The van der Waals surface area contributed by atoms with Gasteiger partial charge < -0.3 is 47.9 Å². The number of fused-ring (bicyclic) bond motifs is 3. The summed E-state index contributed by atoms with van der Waals surface area (Å²) in [4.78, 5) is 36.2. The third-order valence-corrected chi connectivity index (χ3v) is 8.04. The van der Waals surface area contributed by atoms with Crippen molar-refractivity contribution in [1.82, 2.24) is 10.2 Å². The molecule has 14 heteroatoms. The average molecular weight is 729 g/mol. The number of benzene rings is 2. The van der Waals surface area contributed by atoms with Crippen LogP contribution in [0.15, 0.2) is 60.7 Å². The molecule has 0 bridgehead atoms. The minimum Gasteiger partial charge on any atom is -0.449 e. The maximum Gasteiger partial charge on any atom is 0.407 e. The summed E-state index contributed by atoms with van der Waals surface area (Å²) in [7, 11) is 0. The van der Waals surface area contributed by atoms with Crippen molar-refractivity contribution in [3.8, 4) is 11.1 Å². The van der Waals surface area contributed by atoms with Crippen molar-refractivity contribution in [2.75, 3.05) is 125 Å². The number of carbonyl (C=O) groups is 3. The second-order valence-electron chi connectivity index (χ2n) is 11.7. The topological polar surface area (TPSA) is 150 Å². The molecule has 1 N–H and O–H groups in total. The second-order valence-corrected chi connectivity index (χ2v) is 11.7. The zero-order valence-electron chi connectivity index (χ0n) is 29.8. The van der Waals surface area contributed by atoms with Gasteiger partial charge in [0, 0.05) is 31.2 Å². The Morgan fingerprint density at radius 3 is 1.37 bits per heavy atom. The van der Waals surface area contributed by atoms with Crippen LogP contribution in [0.25, 0.3) is 11.1 Å². The van der Waals surface area contributed by atoms with Crippen molar-refractivity contribution in [2.24, 2.45) is 0 Å². The summed E-state index contributed by atoms with van der Waals surface area (Å²) in [5.41, 5.74) is 4.79. The van der Waals surface area contributed by atoms with Gasteiger partial charge in [-0.05, 0) is 28.7 Å². The lowest BCUT2D eigenvalue weighted by atomic mass is 9.98. The molecule has 0 unspecified atom stereocenters. The predicted molar refractivity (Wildman–Crippen MR) is 190 cm³/mol. The first-order valence-corrected chi connectivity index (χ1v) is 17.9.